The van der Waals surface area contributed by atoms with Gasteiger partial charge in [0, 0.05) is 18.1 Å². The van der Waals surface area contributed by atoms with Crippen molar-refractivity contribution in [1.29, 1.82) is 0 Å². The van der Waals surface area contributed by atoms with Gasteiger partial charge in [0.2, 0.25) is 23.2 Å². The molecular weight excluding hydrogens is 476 g/mol. The minimum absolute atomic E-state index is 0.193. The Kier molecular flexibility index (Phi) is 6.73. The van der Waals surface area contributed by atoms with Crippen molar-refractivity contribution >= 4 is 23.4 Å². The summed E-state index contributed by atoms with van der Waals surface area (Å²) in [6, 6.07) is 22.9. The first-order valence-electron chi connectivity index (χ1n) is 11.3. The van der Waals surface area contributed by atoms with Gasteiger partial charge >= 0.3 is 0 Å². The number of anilines is 1. The van der Waals surface area contributed by atoms with Crippen molar-refractivity contribution in [3.05, 3.63) is 83.9 Å². The van der Waals surface area contributed by atoms with Gasteiger partial charge in [-0.05, 0) is 36.1 Å². The monoisotopic (exact) mass is 500 g/mol. The summed E-state index contributed by atoms with van der Waals surface area (Å²) in [5.74, 6) is 1.22. The summed E-state index contributed by atoms with van der Waals surface area (Å²) < 4.78 is 18.1. The third kappa shape index (κ3) is 4.57. The Balaban J connectivity index is 1.57. The maximum absolute atomic E-state index is 13.0. The van der Waals surface area contributed by atoms with Crippen molar-refractivity contribution in [2.75, 3.05) is 18.3 Å². The van der Waals surface area contributed by atoms with E-state index in [4.69, 9.17) is 14.2 Å². The average Bonchev–Trinajstić information content (AvgIpc) is 3.06. The van der Waals surface area contributed by atoms with Crippen molar-refractivity contribution in [1.82, 2.24) is 15.2 Å². The number of benzene rings is 3. The summed E-state index contributed by atoms with van der Waals surface area (Å²) in [6.07, 6.45) is 1.06. The lowest BCUT2D eigenvalue weighted by Gasteiger charge is -2.30. The van der Waals surface area contributed by atoms with Crippen molar-refractivity contribution in [3.8, 4) is 28.6 Å². The lowest BCUT2D eigenvalue weighted by atomic mass is 10.1. The molecule has 0 N–H and O–H groups in total. The fourth-order valence-corrected chi connectivity index (χ4v) is 4.35. The normalized spacial score (nSPS) is 14.2. The highest BCUT2D eigenvalue weighted by Gasteiger charge is 2.35. The van der Waals surface area contributed by atoms with Gasteiger partial charge in [0.15, 0.2) is 17.2 Å². The lowest BCUT2D eigenvalue weighted by Crippen LogP contribution is -2.36. The smallest absolute Gasteiger partial charge is 0.247 e. The highest BCUT2D eigenvalue weighted by Crippen LogP contribution is 2.44. The molecule has 0 aliphatic carbocycles. The number of carbonyl (C=O) groups excluding carboxylic acids is 1. The number of fused-ring (bicyclic) bond motifs is 3. The zero-order valence-electron chi connectivity index (χ0n) is 20.0. The van der Waals surface area contributed by atoms with Crippen molar-refractivity contribution in [2.45, 2.75) is 24.9 Å². The number of amides is 1. The molecule has 182 valence electrons. The van der Waals surface area contributed by atoms with Gasteiger partial charge in [-0.3, -0.25) is 9.69 Å². The van der Waals surface area contributed by atoms with E-state index in [0.717, 1.165) is 5.56 Å². The maximum atomic E-state index is 13.0. The molecule has 1 atom stereocenters. The van der Waals surface area contributed by atoms with E-state index in [9.17, 15) is 4.79 Å². The summed E-state index contributed by atoms with van der Waals surface area (Å²) in [6.45, 7) is 1.90. The molecule has 5 rings (SSSR count). The predicted octanol–water partition coefficient (Wildman–Crippen LogP) is 5.29. The number of rotatable bonds is 6. The molecule has 4 aromatic rings. The maximum Gasteiger partial charge on any atom is 0.247 e. The number of thioether (sulfide) groups is 1. The molecule has 3 aromatic carbocycles. The molecule has 36 heavy (non-hydrogen) atoms. The molecule has 0 radical (unpaired) electrons. The second-order valence-corrected chi connectivity index (χ2v) is 8.79. The quantitative estimate of drug-likeness (QED) is 0.330. The second kappa shape index (κ2) is 10.2. The number of ether oxygens (including phenoxy) is 3. The van der Waals surface area contributed by atoms with Crippen molar-refractivity contribution in [2.24, 2.45) is 0 Å². The van der Waals surface area contributed by atoms with Crippen molar-refractivity contribution < 1.29 is 19.0 Å². The van der Waals surface area contributed by atoms with Crippen LogP contribution in [-0.4, -0.2) is 34.5 Å². The molecule has 1 amide bonds. The molecule has 0 saturated heterocycles. The standard InChI is InChI=1S/C27H24N4O4S/c1-17(32)31-21-12-8-7-11-20(21)24-25(28-27(36-3)30-29-24)35-26(31)19-13-14-22(23(15-19)33-2)34-16-18-9-5-4-6-10-18/h4-15,26H,16H2,1-3H3. The minimum Gasteiger partial charge on any atom is -0.493 e. The Morgan fingerprint density at radius 2 is 1.81 bits per heavy atom. The Bertz CT molecular complexity index is 1400. The van der Waals surface area contributed by atoms with Crippen LogP contribution in [0.15, 0.2) is 78.0 Å². The van der Waals surface area contributed by atoms with Crippen LogP contribution in [0.25, 0.3) is 11.3 Å². The zero-order valence-corrected chi connectivity index (χ0v) is 20.9. The molecule has 0 bridgehead atoms. The molecule has 1 aliphatic rings. The predicted molar refractivity (Wildman–Crippen MR) is 137 cm³/mol. The molecule has 1 aliphatic heterocycles. The molecule has 8 nitrogen and oxygen atoms in total. The van der Waals surface area contributed by atoms with E-state index in [1.54, 1.807) is 12.0 Å². The third-order valence-electron chi connectivity index (χ3n) is 5.74. The van der Waals surface area contributed by atoms with Gasteiger partial charge in [-0.1, -0.05) is 60.3 Å². The second-order valence-electron chi connectivity index (χ2n) is 8.01. The number of hydrogen-bond donors (Lipinski definition) is 0. The number of methoxy groups -OCH3 is 1. The average molecular weight is 501 g/mol. The summed E-state index contributed by atoms with van der Waals surface area (Å²) >= 11 is 1.36. The highest BCUT2D eigenvalue weighted by atomic mass is 32.2. The van der Waals surface area contributed by atoms with Crippen LogP contribution in [-0.2, 0) is 11.4 Å². The number of aromatic nitrogens is 3. The van der Waals surface area contributed by atoms with Crippen LogP contribution in [0.2, 0.25) is 0 Å². The largest absolute Gasteiger partial charge is 0.493 e. The van der Waals surface area contributed by atoms with Gasteiger partial charge in [0.25, 0.3) is 0 Å². The van der Waals surface area contributed by atoms with E-state index in [1.807, 2.05) is 79.1 Å². The molecule has 0 saturated carbocycles. The van der Waals surface area contributed by atoms with E-state index >= 15 is 0 Å². The fourth-order valence-electron chi connectivity index (χ4n) is 4.05. The van der Waals surface area contributed by atoms with E-state index in [2.05, 4.69) is 15.2 Å². The van der Waals surface area contributed by atoms with Crippen molar-refractivity contribution in [3.63, 3.8) is 0 Å². The first-order valence-corrected chi connectivity index (χ1v) is 12.5. The first kappa shape index (κ1) is 23.6. The Morgan fingerprint density at radius 1 is 1.03 bits per heavy atom. The van der Waals surface area contributed by atoms with Gasteiger partial charge in [-0.15, -0.1) is 10.2 Å². The van der Waals surface area contributed by atoms with Crippen LogP contribution in [0.5, 0.6) is 17.4 Å². The van der Waals surface area contributed by atoms with Gasteiger partial charge in [0.1, 0.15) is 6.61 Å². The number of nitrogens with zero attached hydrogens (tertiary/aromatic N) is 4. The van der Waals surface area contributed by atoms with Crippen LogP contribution in [0.1, 0.15) is 24.3 Å². The summed E-state index contributed by atoms with van der Waals surface area (Å²) in [5.41, 5.74) is 3.59. The molecule has 2 heterocycles. The van der Waals surface area contributed by atoms with Crippen LogP contribution in [0.4, 0.5) is 5.69 Å². The van der Waals surface area contributed by atoms with Crippen LogP contribution in [0, 0.1) is 0 Å². The number of hydrogen-bond acceptors (Lipinski definition) is 8. The van der Waals surface area contributed by atoms with Gasteiger partial charge in [-0.25, -0.2) is 0 Å². The topological polar surface area (TPSA) is 86.7 Å². The zero-order chi connectivity index (χ0) is 25.1. The summed E-state index contributed by atoms with van der Waals surface area (Å²) in [7, 11) is 1.58. The molecule has 1 unspecified atom stereocenters. The molecule has 0 fully saturated rings. The van der Waals surface area contributed by atoms with Crippen LogP contribution < -0.4 is 19.1 Å². The van der Waals surface area contributed by atoms with E-state index in [1.165, 1.54) is 18.7 Å². The number of carbonyl (C=O) groups is 1. The lowest BCUT2D eigenvalue weighted by molar-refractivity contribution is -0.118. The van der Waals surface area contributed by atoms with E-state index < -0.39 is 6.23 Å². The van der Waals surface area contributed by atoms with E-state index in [-0.39, 0.29) is 5.91 Å². The molecule has 1 aromatic heterocycles. The number of para-hydroxylation sites is 1. The summed E-state index contributed by atoms with van der Waals surface area (Å²) in [4.78, 5) is 19.1. The fraction of sp³-hybridized carbons (Fsp3) is 0.185. The molecule has 0 spiro atoms. The molecule has 9 heteroatoms. The van der Waals surface area contributed by atoms with E-state index in [0.29, 0.717) is 51.7 Å². The Morgan fingerprint density at radius 3 is 2.56 bits per heavy atom. The van der Waals surface area contributed by atoms with Gasteiger partial charge < -0.3 is 14.2 Å². The highest BCUT2D eigenvalue weighted by molar-refractivity contribution is 7.98. The van der Waals surface area contributed by atoms with Gasteiger partial charge in [-0.2, -0.15) is 4.98 Å². The Labute approximate surface area is 213 Å². The van der Waals surface area contributed by atoms with Crippen LogP contribution in [0.3, 0.4) is 0 Å². The summed E-state index contributed by atoms with van der Waals surface area (Å²) in [5, 5.41) is 9.03. The molecular formula is C27H24N4O4S. The Hall–Kier alpha value is -4.11. The van der Waals surface area contributed by atoms with Gasteiger partial charge in [0.05, 0.1) is 12.8 Å². The third-order valence-corrected chi connectivity index (χ3v) is 6.28. The minimum atomic E-state index is -0.812. The van der Waals surface area contributed by atoms with Crippen LogP contribution >= 0.6 is 11.8 Å². The first-order chi connectivity index (χ1) is 17.6. The SMILES string of the molecule is COc1cc(C2Oc3nc(SC)nnc3-c3ccccc3N2C(C)=O)ccc1OCc1ccccc1.